The van der Waals surface area contributed by atoms with Gasteiger partial charge in [-0.25, -0.2) is 4.39 Å². The summed E-state index contributed by atoms with van der Waals surface area (Å²) in [4.78, 5) is 2.31. The van der Waals surface area contributed by atoms with Crippen LogP contribution >= 0.6 is 11.6 Å². The molecule has 1 aromatic carbocycles. The Kier molecular flexibility index (Phi) is 5.36. The van der Waals surface area contributed by atoms with Gasteiger partial charge in [-0.3, -0.25) is 4.90 Å². The van der Waals surface area contributed by atoms with Crippen LogP contribution in [-0.4, -0.2) is 41.8 Å². The molecule has 0 radical (unpaired) electrons. The number of likely N-dealkylation sites (tertiary alicyclic amines) is 1. The van der Waals surface area contributed by atoms with Crippen molar-refractivity contribution in [1.82, 2.24) is 4.90 Å². The van der Waals surface area contributed by atoms with Crippen molar-refractivity contribution in [3.8, 4) is 5.75 Å². The molecule has 0 amide bonds. The van der Waals surface area contributed by atoms with Crippen LogP contribution < -0.4 is 4.74 Å². The monoisotopic (exact) mass is 329 g/mol. The van der Waals surface area contributed by atoms with Gasteiger partial charge in [-0.15, -0.1) is 0 Å². The highest BCUT2D eigenvalue weighted by Gasteiger charge is 2.39. The van der Waals surface area contributed by atoms with E-state index >= 15 is 0 Å². The average Bonchev–Trinajstić information content (AvgIpc) is 2.36. The quantitative estimate of drug-likeness (QED) is 0.895. The van der Waals surface area contributed by atoms with Gasteiger partial charge < -0.3 is 9.84 Å². The second kappa shape index (κ2) is 6.73. The van der Waals surface area contributed by atoms with Gasteiger partial charge in [0, 0.05) is 36.7 Å². The first-order valence-electron chi connectivity index (χ1n) is 7.79. The third-order valence-corrected chi connectivity index (χ3v) is 4.47. The number of rotatable bonds is 5. The van der Waals surface area contributed by atoms with Gasteiger partial charge >= 0.3 is 0 Å². The van der Waals surface area contributed by atoms with E-state index < -0.39 is 0 Å². The Bertz CT molecular complexity index is 536. The van der Waals surface area contributed by atoms with Crippen molar-refractivity contribution in [3.05, 3.63) is 28.0 Å². The van der Waals surface area contributed by atoms with Crippen LogP contribution in [0.5, 0.6) is 5.75 Å². The first kappa shape index (κ1) is 17.5. The van der Waals surface area contributed by atoms with Crippen LogP contribution in [0.4, 0.5) is 4.39 Å². The molecule has 0 spiro atoms. The van der Waals surface area contributed by atoms with E-state index in [1.54, 1.807) is 6.07 Å². The van der Waals surface area contributed by atoms with Crippen molar-refractivity contribution in [3.63, 3.8) is 0 Å². The lowest BCUT2D eigenvalue weighted by atomic mass is 9.85. The van der Waals surface area contributed by atoms with Gasteiger partial charge in [-0.2, -0.15) is 0 Å². The van der Waals surface area contributed by atoms with E-state index in [2.05, 4.69) is 25.7 Å². The fraction of sp³-hybridized carbons (Fsp3) is 0.647. The van der Waals surface area contributed by atoms with Crippen LogP contribution in [0.3, 0.4) is 0 Å². The molecule has 1 aliphatic heterocycles. The number of hydrogen-bond acceptors (Lipinski definition) is 3. The maximum absolute atomic E-state index is 14.6. The smallest absolute Gasteiger partial charge is 0.149 e. The number of aliphatic hydroxyl groups is 1. The topological polar surface area (TPSA) is 32.7 Å². The number of halogens is 2. The van der Waals surface area contributed by atoms with Gasteiger partial charge in [0.1, 0.15) is 11.6 Å². The minimum atomic E-state index is -0.384. The Morgan fingerprint density at radius 1 is 1.41 bits per heavy atom. The molecule has 1 aromatic rings. The predicted octanol–water partition coefficient (Wildman–Crippen LogP) is 3.61. The van der Waals surface area contributed by atoms with Crippen LogP contribution in [0, 0.1) is 5.82 Å². The third kappa shape index (κ3) is 3.39. The molecule has 0 aromatic heterocycles. The highest BCUT2D eigenvalue weighted by Crippen LogP contribution is 2.42. The molecule has 1 aliphatic rings. The summed E-state index contributed by atoms with van der Waals surface area (Å²) >= 11 is 6.05. The molecular formula is C17H25ClFNO2. The maximum Gasteiger partial charge on any atom is 0.149 e. The van der Waals surface area contributed by atoms with E-state index in [4.69, 9.17) is 16.3 Å². The number of nitrogens with zero attached hydrogens (tertiary/aromatic N) is 1. The largest absolute Gasteiger partial charge is 0.493 e. The van der Waals surface area contributed by atoms with Crippen molar-refractivity contribution < 1.29 is 14.2 Å². The Labute approximate surface area is 137 Å². The first-order valence-corrected chi connectivity index (χ1v) is 8.16. The first-order chi connectivity index (χ1) is 10.3. The second-order valence-electron chi connectivity index (χ2n) is 6.75. The molecule has 1 fully saturated rings. The molecule has 0 unspecified atom stereocenters. The predicted molar refractivity (Wildman–Crippen MR) is 87.4 cm³/mol. The summed E-state index contributed by atoms with van der Waals surface area (Å²) in [7, 11) is 0. The number of aliphatic hydroxyl groups excluding tert-OH is 1. The number of hydrogen-bond donors (Lipinski definition) is 1. The van der Waals surface area contributed by atoms with E-state index in [9.17, 15) is 9.50 Å². The van der Waals surface area contributed by atoms with Crippen LogP contribution in [0.25, 0.3) is 0 Å². The lowest BCUT2D eigenvalue weighted by molar-refractivity contribution is 0.0446. The van der Waals surface area contributed by atoms with Crippen molar-refractivity contribution >= 4 is 11.6 Å². The molecule has 124 valence electrons. The van der Waals surface area contributed by atoms with Gasteiger partial charge in [0.05, 0.1) is 11.6 Å². The fourth-order valence-corrected chi connectivity index (χ4v) is 3.11. The van der Waals surface area contributed by atoms with Gasteiger partial charge in [0.15, 0.2) is 0 Å². The molecule has 1 N–H and O–H groups in total. The fourth-order valence-electron chi connectivity index (χ4n) is 2.88. The zero-order chi connectivity index (χ0) is 16.5. The van der Waals surface area contributed by atoms with Crippen LogP contribution in [0.1, 0.15) is 44.7 Å². The summed E-state index contributed by atoms with van der Waals surface area (Å²) in [5, 5.41) is 9.33. The standard InChI is InChI=1S/C17H25ClFNO2/c1-5-22-16-11(6-7-21)8-13(18)15(19)14(16)12-9-20(10-12)17(2,3)4/h8,12,21H,5-7,9-10H2,1-4H3. The van der Waals surface area contributed by atoms with Gasteiger partial charge in [-0.05, 0) is 45.7 Å². The molecule has 0 saturated carbocycles. The van der Waals surface area contributed by atoms with E-state index in [1.165, 1.54) is 0 Å². The summed E-state index contributed by atoms with van der Waals surface area (Å²) in [5.41, 5.74) is 1.42. The SMILES string of the molecule is CCOc1c(CCO)cc(Cl)c(F)c1C1CN(C(C)(C)C)C1. The van der Waals surface area contributed by atoms with Gasteiger partial charge in [0.2, 0.25) is 0 Å². The molecular weight excluding hydrogens is 305 g/mol. The van der Waals surface area contributed by atoms with Gasteiger partial charge in [-0.1, -0.05) is 11.6 Å². The average molecular weight is 330 g/mol. The van der Waals surface area contributed by atoms with E-state index in [0.29, 0.717) is 24.3 Å². The summed E-state index contributed by atoms with van der Waals surface area (Å²) < 4.78 is 20.3. The van der Waals surface area contributed by atoms with Crippen molar-refractivity contribution in [2.45, 2.75) is 45.6 Å². The summed E-state index contributed by atoms with van der Waals surface area (Å²) in [6.07, 6.45) is 0.415. The molecule has 2 rings (SSSR count). The number of benzene rings is 1. The van der Waals surface area contributed by atoms with E-state index in [0.717, 1.165) is 18.7 Å². The molecule has 3 nitrogen and oxygen atoms in total. The Hall–Kier alpha value is -0.840. The Morgan fingerprint density at radius 3 is 2.55 bits per heavy atom. The van der Waals surface area contributed by atoms with E-state index in [-0.39, 0.29) is 28.9 Å². The zero-order valence-corrected chi connectivity index (χ0v) is 14.5. The molecule has 5 heteroatoms. The summed E-state index contributed by atoms with van der Waals surface area (Å²) in [6, 6.07) is 1.57. The minimum absolute atomic E-state index is 0.0136. The number of ether oxygens (including phenoxy) is 1. The maximum atomic E-state index is 14.6. The Morgan fingerprint density at radius 2 is 2.05 bits per heavy atom. The molecule has 1 heterocycles. The molecule has 0 bridgehead atoms. The van der Waals surface area contributed by atoms with Crippen LogP contribution in [0.15, 0.2) is 6.07 Å². The highest BCUT2D eigenvalue weighted by molar-refractivity contribution is 6.31. The van der Waals surface area contributed by atoms with Gasteiger partial charge in [0.25, 0.3) is 0 Å². The Balaban J connectivity index is 2.37. The normalized spacial score (nSPS) is 16.7. The van der Waals surface area contributed by atoms with E-state index in [1.807, 2.05) is 6.92 Å². The summed E-state index contributed by atoms with van der Waals surface area (Å²) in [6.45, 7) is 10.4. The van der Waals surface area contributed by atoms with Crippen molar-refractivity contribution in [1.29, 1.82) is 0 Å². The molecule has 1 saturated heterocycles. The third-order valence-electron chi connectivity index (χ3n) is 4.19. The van der Waals surface area contributed by atoms with Crippen molar-refractivity contribution in [2.24, 2.45) is 0 Å². The van der Waals surface area contributed by atoms with Crippen LogP contribution in [-0.2, 0) is 6.42 Å². The molecule has 0 atom stereocenters. The second-order valence-corrected chi connectivity index (χ2v) is 7.16. The zero-order valence-electron chi connectivity index (χ0n) is 13.7. The molecule has 22 heavy (non-hydrogen) atoms. The highest BCUT2D eigenvalue weighted by atomic mass is 35.5. The van der Waals surface area contributed by atoms with Crippen LogP contribution in [0.2, 0.25) is 5.02 Å². The van der Waals surface area contributed by atoms with Crippen molar-refractivity contribution in [2.75, 3.05) is 26.3 Å². The summed E-state index contributed by atoms with van der Waals surface area (Å²) in [5.74, 6) is 0.263. The lowest BCUT2D eigenvalue weighted by Crippen LogP contribution is -2.54. The minimum Gasteiger partial charge on any atom is -0.493 e. The lowest BCUT2D eigenvalue weighted by Gasteiger charge is -2.48. The molecule has 0 aliphatic carbocycles.